The number of fused-ring (bicyclic) bond motifs is 1. The predicted octanol–water partition coefficient (Wildman–Crippen LogP) is 0.796. The van der Waals surface area contributed by atoms with Crippen molar-refractivity contribution in [3.05, 3.63) is 12.0 Å². The first-order valence-corrected chi connectivity index (χ1v) is 7.04. The monoisotopic (exact) mass is 276 g/mol. The summed E-state index contributed by atoms with van der Waals surface area (Å²) in [5, 5.41) is 10.5. The van der Waals surface area contributed by atoms with Crippen LogP contribution in [0.1, 0.15) is 12.1 Å². The van der Waals surface area contributed by atoms with Crippen LogP contribution in [0.4, 0.5) is 5.82 Å². The zero-order valence-electron chi connectivity index (χ0n) is 11.7. The van der Waals surface area contributed by atoms with Gasteiger partial charge in [-0.3, -0.25) is 10.00 Å². The molecule has 7 nitrogen and oxygen atoms in total. The maximum absolute atomic E-state index is 5.34. The van der Waals surface area contributed by atoms with Crippen LogP contribution >= 0.6 is 0 Å². The molecule has 0 aromatic carbocycles. The van der Waals surface area contributed by atoms with Crippen LogP contribution in [0.3, 0.4) is 0 Å². The van der Waals surface area contributed by atoms with Crippen molar-refractivity contribution in [3.63, 3.8) is 0 Å². The van der Waals surface area contributed by atoms with E-state index in [1.165, 1.54) is 0 Å². The van der Waals surface area contributed by atoms with E-state index in [-0.39, 0.29) is 0 Å². The Labute approximate surface area is 117 Å². The van der Waals surface area contributed by atoms with Gasteiger partial charge in [0.25, 0.3) is 0 Å². The first kappa shape index (κ1) is 13.3. The molecule has 0 radical (unpaired) electrons. The second-order valence-corrected chi connectivity index (χ2v) is 5.00. The van der Waals surface area contributed by atoms with Gasteiger partial charge in [0.1, 0.15) is 11.8 Å². The van der Waals surface area contributed by atoms with E-state index in [4.69, 9.17) is 4.74 Å². The average Bonchev–Trinajstić information content (AvgIpc) is 2.87. The molecule has 2 aromatic rings. The van der Waals surface area contributed by atoms with Gasteiger partial charge in [-0.05, 0) is 19.9 Å². The molecule has 1 aliphatic heterocycles. The number of morpholine rings is 1. The van der Waals surface area contributed by atoms with Gasteiger partial charge in [0.15, 0.2) is 11.3 Å². The minimum absolute atomic E-state index is 0.807. The van der Waals surface area contributed by atoms with E-state index >= 15 is 0 Å². The molecule has 0 amide bonds. The number of H-pyrrole nitrogens is 1. The lowest BCUT2D eigenvalue weighted by atomic mass is 10.3. The number of nitrogens with one attached hydrogen (secondary N) is 2. The van der Waals surface area contributed by atoms with Crippen LogP contribution in [0.5, 0.6) is 0 Å². The molecule has 0 unspecified atom stereocenters. The van der Waals surface area contributed by atoms with Crippen LogP contribution < -0.4 is 5.32 Å². The van der Waals surface area contributed by atoms with E-state index in [2.05, 4.69) is 30.4 Å². The molecule has 0 aliphatic carbocycles. The van der Waals surface area contributed by atoms with Crippen molar-refractivity contribution in [1.82, 2.24) is 25.1 Å². The van der Waals surface area contributed by atoms with Crippen molar-refractivity contribution in [1.29, 1.82) is 0 Å². The lowest BCUT2D eigenvalue weighted by Crippen LogP contribution is -2.37. The second-order valence-electron chi connectivity index (χ2n) is 5.00. The number of aryl methyl sites for hydroxylation is 1. The third-order valence-corrected chi connectivity index (χ3v) is 3.56. The molecule has 1 saturated heterocycles. The van der Waals surface area contributed by atoms with Crippen molar-refractivity contribution in [2.75, 3.05) is 44.7 Å². The van der Waals surface area contributed by atoms with Crippen LogP contribution in [0.25, 0.3) is 11.0 Å². The highest BCUT2D eigenvalue weighted by Gasteiger charge is 2.11. The van der Waals surface area contributed by atoms with Gasteiger partial charge in [0.05, 0.1) is 18.9 Å². The molecule has 0 atom stereocenters. The van der Waals surface area contributed by atoms with Crippen molar-refractivity contribution in [2.45, 2.75) is 13.3 Å². The van der Waals surface area contributed by atoms with E-state index in [1.807, 2.05) is 6.92 Å². The highest BCUT2D eigenvalue weighted by Crippen LogP contribution is 2.18. The first-order chi connectivity index (χ1) is 9.84. The number of hydrogen-bond donors (Lipinski definition) is 2. The molecule has 3 heterocycles. The fraction of sp³-hybridized carbons (Fsp3) is 0.615. The maximum atomic E-state index is 5.34. The number of aromatic nitrogens is 4. The summed E-state index contributed by atoms with van der Waals surface area (Å²) in [6, 6.07) is 0. The van der Waals surface area contributed by atoms with Gasteiger partial charge in [0.2, 0.25) is 0 Å². The Kier molecular flexibility index (Phi) is 4.08. The molecule has 0 spiro atoms. The largest absolute Gasteiger partial charge is 0.379 e. The summed E-state index contributed by atoms with van der Waals surface area (Å²) in [7, 11) is 0. The van der Waals surface area contributed by atoms with Crippen LogP contribution in [-0.4, -0.2) is 64.5 Å². The highest BCUT2D eigenvalue weighted by molar-refractivity contribution is 5.86. The standard InChI is InChI=1S/C13H20N6O/c1-10-11-12(18-17-10)13(16-9-15-11)14-3-2-4-19-5-7-20-8-6-19/h9H,2-8H2,1H3,(H,17,18)(H,14,15,16). The smallest absolute Gasteiger partial charge is 0.157 e. The van der Waals surface area contributed by atoms with E-state index < -0.39 is 0 Å². The highest BCUT2D eigenvalue weighted by atomic mass is 16.5. The zero-order valence-corrected chi connectivity index (χ0v) is 11.7. The van der Waals surface area contributed by atoms with Gasteiger partial charge in [-0.2, -0.15) is 5.10 Å². The molecule has 2 N–H and O–H groups in total. The van der Waals surface area contributed by atoms with Gasteiger partial charge in [-0.15, -0.1) is 0 Å². The van der Waals surface area contributed by atoms with Gasteiger partial charge in [-0.1, -0.05) is 0 Å². The Balaban J connectivity index is 1.52. The Hall–Kier alpha value is -1.73. The summed E-state index contributed by atoms with van der Waals surface area (Å²) < 4.78 is 5.34. The average molecular weight is 276 g/mol. The second kappa shape index (κ2) is 6.15. The SMILES string of the molecule is Cc1[nH]nc2c(NCCCN3CCOCC3)ncnc12. The van der Waals surface area contributed by atoms with Gasteiger partial charge in [0, 0.05) is 19.6 Å². The minimum Gasteiger partial charge on any atom is -0.379 e. The summed E-state index contributed by atoms with van der Waals surface area (Å²) in [4.78, 5) is 10.9. The van der Waals surface area contributed by atoms with Gasteiger partial charge in [-0.25, -0.2) is 9.97 Å². The Morgan fingerprint density at radius 2 is 2.15 bits per heavy atom. The molecular weight excluding hydrogens is 256 g/mol. The van der Waals surface area contributed by atoms with E-state index in [9.17, 15) is 0 Å². The lowest BCUT2D eigenvalue weighted by Gasteiger charge is -2.26. The normalized spacial score (nSPS) is 16.6. The Morgan fingerprint density at radius 1 is 1.30 bits per heavy atom. The first-order valence-electron chi connectivity index (χ1n) is 7.04. The van der Waals surface area contributed by atoms with Crippen molar-refractivity contribution < 1.29 is 4.74 Å². The van der Waals surface area contributed by atoms with Gasteiger partial charge >= 0.3 is 0 Å². The van der Waals surface area contributed by atoms with E-state index in [1.54, 1.807) is 6.33 Å². The topological polar surface area (TPSA) is 79.0 Å². The molecule has 0 bridgehead atoms. The maximum Gasteiger partial charge on any atom is 0.157 e. The number of hydrogen-bond acceptors (Lipinski definition) is 6. The van der Waals surface area contributed by atoms with E-state index in [0.717, 1.165) is 68.4 Å². The molecule has 0 saturated carbocycles. The Bertz CT molecular complexity index is 563. The zero-order chi connectivity index (χ0) is 13.8. The summed E-state index contributed by atoms with van der Waals surface area (Å²) in [6.45, 7) is 7.72. The molecule has 3 rings (SSSR count). The fourth-order valence-electron chi connectivity index (χ4n) is 2.42. The van der Waals surface area contributed by atoms with Crippen LogP contribution in [0.15, 0.2) is 6.33 Å². The van der Waals surface area contributed by atoms with Crippen LogP contribution in [0, 0.1) is 6.92 Å². The fourth-order valence-corrected chi connectivity index (χ4v) is 2.42. The summed E-state index contributed by atoms with van der Waals surface area (Å²) in [5.74, 6) is 0.807. The number of rotatable bonds is 5. The predicted molar refractivity (Wildman–Crippen MR) is 76.8 cm³/mol. The number of aromatic amines is 1. The molecule has 1 aliphatic rings. The van der Waals surface area contributed by atoms with Crippen molar-refractivity contribution in [2.24, 2.45) is 0 Å². The van der Waals surface area contributed by atoms with Gasteiger partial charge < -0.3 is 10.1 Å². The summed E-state index contributed by atoms with van der Waals surface area (Å²) >= 11 is 0. The molecular formula is C13H20N6O. The molecule has 7 heteroatoms. The molecule has 2 aromatic heterocycles. The Morgan fingerprint density at radius 3 is 3.00 bits per heavy atom. The van der Waals surface area contributed by atoms with E-state index in [0.29, 0.717) is 0 Å². The van der Waals surface area contributed by atoms with Crippen molar-refractivity contribution >= 4 is 16.9 Å². The molecule has 108 valence electrons. The summed E-state index contributed by atoms with van der Waals surface area (Å²) in [5.41, 5.74) is 2.67. The summed E-state index contributed by atoms with van der Waals surface area (Å²) in [6.07, 6.45) is 2.66. The van der Waals surface area contributed by atoms with Crippen molar-refractivity contribution in [3.8, 4) is 0 Å². The number of anilines is 1. The quantitative estimate of drug-likeness (QED) is 0.786. The minimum atomic E-state index is 0.807. The molecule has 20 heavy (non-hydrogen) atoms. The number of ether oxygens (including phenoxy) is 1. The van der Waals surface area contributed by atoms with Crippen LogP contribution in [-0.2, 0) is 4.74 Å². The molecule has 1 fully saturated rings. The third-order valence-electron chi connectivity index (χ3n) is 3.56. The lowest BCUT2D eigenvalue weighted by molar-refractivity contribution is 0.0378. The number of nitrogens with zero attached hydrogens (tertiary/aromatic N) is 4. The third kappa shape index (κ3) is 2.88. The van der Waals surface area contributed by atoms with Crippen LogP contribution in [0.2, 0.25) is 0 Å².